The van der Waals surface area contributed by atoms with Gasteiger partial charge >= 0.3 is 0 Å². The van der Waals surface area contributed by atoms with Crippen LogP contribution >= 0.6 is 11.6 Å². The quantitative estimate of drug-likeness (QED) is 0.731. The third-order valence-electron chi connectivity index (χ3n) is 2.46. The Balaban J connectivity index is 2.41. The largest absolute Gasteiger partial charge is 0.391 e. The molecule has 2 rings (SSSR count). The SMILES string of the molecule is Cc1ccnc(Cl)c1N1CC(O)CC1=O. The molecule has 4 nitrogen and oxygen atoms in total. The van der Waals surface area contributed by atoms with Gasteiger partial charge in [-0.1, -0.05) is 11.6 Å². The lowest BCUT2D eigenvalue weighted by Crippen LogP contribution is -2.26. The third kappa shape index (κ3) is 1.82. The van der Waals surface area contributed by atoms with Crippen molar-refractivity contribution in [3.8, 4) is 0 Å². The molecule has 80 valence electrons. The number of hydrogen-bond acceptors (Lipinski definition) is 3. The lowest BCUT2D eigenvalue weighted by atomic mass is 10.2. The number of carbonyl (C=O) groups is 1. The highest BCUT2D eigenvalue weighted by molar-refractivity contribution is 6.32. The van der Waals surface area contributed by atoms with E-state index in [0.29, 0.717) is 17.4 Å². The zero-order valence-corrected chi connectivity index (χ0v) is 9.03. The van der Waals surface area contributed by atoms with Crippen LogP contribution in [0.2, 0.25) is 5.15 Å². The van der Waals surface area contributed by atoms with Gasteiger partial charge in [-0.15, -0.1) is 0 Å². The Kier molecular flexibility index (Phi) is 2.63. The number of halogens is 1. The van der Waals surface area contributed by atoms with Crippen LogP contribution in [-0.4, -0.2) is 28.6 Å². The van der Waals surface area contributed by atoms with Gasteiger partial charge in [0.25, 0.3) is 0 Å². The van der Waals surface area contributed by atoms with E-state index >= 15 is 0 Å². The van der Waals surface area contributed by atoms with E-state index in [4.69, 9.17) is 11.6 Å². The Hall–Kier alpha value is -1.13. The molecule has 0 radical (unpaired) electrons. The summed E-state index contributed by atoms with van der Waals surface area (Å²) >= 11 is 5.94. The van der Waals surface area contributed by atoms with E-state index in [9.17, 15) is 9.90 Å². The molecule has 15 heavy (non-hydrogen) atoms. The maximum Gasteiger partial charge on any atom is 0.229 e. The van der Waals surface area contributed by atoms with Crippen LogP contribution in [0.15, 0.2) is 12.3 Å². The van der Waals surface area contributed by atoms with Gasteiger partial charge in [0, 0.05) is 6.20 Å². The van der Waals surface area contributed by atoms with Gasteiger partial charge in [0.2, 0.25) is 5.91 Å². The molecule has 0 bridgehead atoms. The summed E-state index contributed by atoms with van der Waals surface area (Å²) in [5.74, 6) is -0.111. The Labute approximate surface area is 92.5 Å². The summed E-state index contributed by atoms with van der Waals surface area (Å²) in [6, 6.07) is 1.79. The number of pyridine rings is 1. The predicted molar refractivity (Wildman–Crippen MR) is 57.0 cm³/mol. The molecule has 1 saturated heterocycles. The second-order valence-corrected chi connectivity index (χ2v) is 3.99. The van der Waals surface area contributed by atoms with Crippen molar-refractivity contribution < 1.29 is 9.90 Å². The van der Waals surface area contributed by atoms with Gasteiger partial charge in [0.1, 0.15) is 0 Å². The van der Waals surface area contributed by atoms with E-state index in [2.05, 4.69) is 4.98 Å². The van der Waals surface area contributed by atoms with E-state index in [-0.39, 0.29) is 12.3 Å². The van der Waals surface area contributed by atoms with Crippen LogP contribution in [0, 0.1) is 6.92 Å². The molecular weight excluding hydrogens is 216 g/mol. The number of aryl methyl sites for hydroxylation is 1. The van der Waals surface area contributed by atoms with Crippen molar-refractivity contribution in [1.82, 2.24) is 4.98 Å². The first kappa shape index (κ1) is 10.4. The average Bonchev–Trinajstić information content (AvgIpc) is 2.45. The standard InChI is InChI=1S/C10H11ClN2O2/c1-6-2-3-12-10(11)9(6)13-5-7(14)4-8(13)15/h2-3,7,14H,4-5H2,1H3. The number of carbonyl (C=O) groups excluding carboxylic acids is 1. The van der Waals surface area contributed by atoms with Crippen LogP contribution < -0.4 is 4.90 Å². The smallest absolute Gasteiger partial charge is 0.229 e. The monoisotopic (exact) mass is 226 g/mol. The van der Waals surface area contributed by atoms with Crippen molar-refractivity contribution in [2.45, 2.75) is 19.4 Å². The fourth-order valence-corrected chi connectivity index (χ4v) is 2.05. The van der Waals surface area contributed by atoms with E-state index in [1.165, 1.54) is 4.90 Å². The van der Waals surface area contributed by atoms with Crippen LogP contribution in [-0.2, 0) is 4.79 Å². The minimum atomic E-state index is -0.604. The van der Waals surface area contributed by atoms with Gasteiger partial charge in [-0.2, -0.15) is 0 Å². The van der Waals surface area contributed by atoms with Crippen molar-refractivity contribution in [1.29, 1.82) is 0 Å². The minimum Gasteiger partial charge on any atom is -0.391 e. The third-order valence-corrected chi connectivity index (χ3v) is 2.73. The number of aliphatic hydroxyl groups is 1. The minimum absolute atomic E-state index is 0.111. The van der Waals surface area contributed by atoms with Crippen molar-refractivity contribution in [2.75, 3.05) is 11.4 Å². The first-order valence-electron chi connectivity index (χ1n) is 4.69. The summed E-state index contributed by atoms with van der Waals surface area (Å²) in [5, 5.41) is 9.69. The van der Waals surface area contributed by atoms with Gasteiger partial charge in [-0.05, 0) is 18.6 Å². The lowest BCUT2D eigenvalue weighted by Gasteiger charge is -2.18. The van der Waals surface area contributed by atoms with Crippen LogP contribution in [0.3, 0.4) is 0 Å². The van der Waals surface area contributed by atoms with Gasteiger partial charge in [-0.25, -0.2) is 4.98 Å². The van der Waals surface area contributed by atoms with E-state index in [1.807, 2.05) is 6.92 Å². The molecule has 1 aliphatic rings. The number of hydrogen-bond donors (Lipinski definition) is 1. The molecule has 0 saturated carbocycles. The van der Waals surface area contributed by atoms with Crippen LogP contribution in [0.5, 0.6) is 0 Å². The van der Waals surface area contributed by atoms with E-state index in [1.54, 1.807) is 12.3 Å². The molecule has 1 unspecified atom stereocenters. The summed E-state index contributed by atoms with van der Waals surface area (Å²) in [5.41, 5.74) is 1.50. The fourth-order valence-electron chi connectivity index (χ4n) is 1.75. The molecular formula is C10H11ClN2O2. The normalized spacial score (nSPS) is 21.1. The summed E-state index contributed by atoms with van der Waals surface area (Å²) in [6.45, 7) is 2.16. The molecule has 1 atom stereocenters. The highest BCUT2D eigenvalue weighted by Crippen LogP contribution is 2.30. The molecule has 0 aliphatic carbocycles. The first-order valence-corrected chi connectivity index (χ1v) is 5.07. The predicted octanol–water partition coefficient (Wildman–Crippen LogP) is 1.14. The maximum absolute atomic E-state index is 11.6. The number of anilines is 1. The summed E-state index contributed by atoms with van der Waals surface area (Å²) < 4.78 is 0. The van der Waals surface area contributed by atoms with Crippen LogP contribution in [0.1, 0.15) is 12.0 Å². The fraction of sp³-hybridized carbons (Fsp3) is 0.400. The topological polar surface area (TPSA) is 53.4 Å². The molecule has 1 fully saturated rings. The molecule has 1 amide bonds. The Bertz CT molecular complexity index is 388. The van der Waals surface area contributed by atoms with E-state index < -0.39 is 6.10 Å². The molecule has 1 aromatic heterocycles. The lowest BCUT2D eigenvalue weighted by molar-refractivity contribution is -0.117. The Morgan fingerprint density at radius 2 is 2.40 bits per heavy atom. The highest BCUT2D eigenvalue weighted by atomic mass is 35.5. The second-order valence-electron chi connectivity index (χ2n) is 3.63. The number of aliphatic hydroxyl groups excluding tert-OH is 1. The van der Waals surface area contributed by atoms with Crippen molar-refractivity contribution >= 4 is 23.2 Å². The molecule has 1 N–H and O–H groups in total. The van der Waals surface area contributed by atoms with Gasteiger partial charge in [0.15, 0.2) is 5.15 Å². The summed E-state index contributed by atoms with van der Waals surface area (Å²) in [7, 11) is 0. The van der Waals surface area contributed by atoms with E-state index in [0.717, 1.165) is 5.56 Å². The van der Waals surface area contributed by atoms with Gasteiger partial charge < -0.3 is 10.0 Å². The molecule has 0 spiro atoms. The Morgan fingerprint density at radius 1 is 1.67 bits per heavy atom. The number of nitrogens with zero attached hydrogens (tertiary/aromatic N) is 2. The second kappa shape index (κ2) is 3.79. The maximum atomic E-state index is 11.6. The highest BCUT2D eigenvalue weighted by Gasteiger charge is 2.31. The molecule has 1 aliphatic heterocycles. The number of aromatic nitrogens is 1. The van der Waals surface area contributed by atoms with Crippen molar-refractivity contribution in [3.05, 3.63) is 23.0 Å². The molecule has 1 aromatic rings. The summed E-state index contributed by atoms with van der Waals surface area (Å²) in [6.07, 6.45) is 1.15. The number of amides is 1. The molecule has 0 aromatic carbocycles. The summed E-state index contributed by atoms with van der Waals surface area (Å²) in [4.78, 5) is 17.0. The molecule has 5 heteroatoms. The van der Waals surface area contributed by atoms with Gasteiger partial charge in [-0.3, -0.25) is 4.79 Å². The van der Waals surface area contributed by atoms with Crippen LogP contribution in [0.25, 0.3) is 0 Å². The van der Waals surface area contributed by atoms with Crippen molar-refractivity contribution in [2.24, 2.45) is 0 Å². The van der Waals surface area contributed by atoms with Gasteiger partial charge in [0.05, 0.1) is 24.8 Å². The number of rotatable bonds is 1. The zero-order chi connectivity index (χ0) is 11.0. The first-order chi connectivity index (χ1) is 7.09. The Morgan fingerprint density at radius 3 is 2.93 bits per heavy atom. The number of β-amino-alcohol motifs (C(OH)–C–C–N with tert-alkyl or cyclic N) is 1. The molecule has 2 heterocycles. The van der Waals surface area contributed by atoms with Crippen molar-refractivity contribution in [3.63, 3.8) is 0 Å². The van der Waals surface area contributed by atoms with Crippen LogP contribution in [0.4, 0.5) is 5.69 Å². The average molecular weight is 227 g/mol. The zero-order valence-electron chi connectivity index (χ0n) is 8.27.